The zero-order valence-corrected chi connectivity index (χ0v) is 12.1. The highest BCUT2D eigenvalue weighted by molar-refractivity contribution is 7.17. The third-order valence-electron chi connectivity index (χ3n) is 3.12. The zero-order valence-electron chi connectivity index (χ0n) is 10.6. The predicted octanol–water partition coefficient (Wildman–Crippen LogP) is 5.04. The van der Waals surface area contributed by atoms with Crippen LogP contribution in [0.5, 0.6) is 0 Å². The molecule has 2 nitrogen and oxygen atoms in total. The van der Waals surface area contributed by atoms with Gasteiger partial charge in [-0.05, 0) is 52.7 Å². The molecule has 0 aliphatic rings. The summed E-state index contributed by atoms with van der Waals surface area (Å²) in [5, 5.41) is 16.1. The molecule has 20 heavy (non-hydrogen) atoms. The van der Waals surface area contributed by atoms with Gasteiger partial charge in [-0.2, -0.15) is 5.26 Å². The number of benzene rings is 2. The average molecular weight is 299 g/mol. The number of nitrogens with one attached hydrogen (secondary N) is 1. The monoisotopic (exact) mass is 298 g/mol. The molecule has 0 saturated carbocycles. The van der Waals surface area contributed by atoms with Crippen molar-refractivity contribution in [2.45, 2.75) is 6.54 Å². The van der Waals surface area contributed by atoms with Crippen molar-refractivity contribution in [3.63, 3.8) is 0 Å². The number of rotatable bonds is 3. The second kappa shape index (κ2) is 5.54. The van der Waals surface area contributed by atoms with Crippen molar-refractivity contribution in [2.24, 2.45) is 0 Å². The van der Waals surface area contributed by atoms with Crippen LogP contribution in [0, 0.1) is 11.3 Å². The molecule has 1 N–H and O–H groups in total. The molecule has 2 aromatic carbocycles. The van der Waals surface area contributed by atoms with Crippen molar-refractivity contribution in [3.05, 3.63) is 64.0 Å². The molecule has 0 unspecified atom stereocenters. The Morgan fingerprint density at radius 2 is 2.05 bits per heavy atom. The Kier molecular flexibility index (Phi) is 3.60. The summed E-state index contributed by atoms with van der Waals surface area (Å²) < 4.78 is 1.28. The Hall–Kier alpha value is -2.02. The maximum Gasteiger partial charge on any atom is 0.0992 e. The summed E-state index contributed by atoms with van der Waals surface area (Å²) in [4.78, 5) is 0. The van der Waals surface area contributed by atoms with E-state index >= 15 is 0 Å². The molecule has 0 fully saturated rings. The van der Waals surface area contributed by atoms with Crippen LogP contribution in [0.15, 0.2) is 47.8 Å². The first kappa shape index (κ1) is 13.0. The van der Waals surface area contributed by atoms with E-state index in [0.29, 0.717) is 17.1 Å². The number of anilines is 1. The maximum absolute atomic E-state index is 8.82. The van der Waals surface area contributed by atoms with E-state index in [1.165, 1.54) is 10.1 Å². The normalized spacial score (nSPS) is 10.4. The van der Waals surface area contributed by atoms with Crippen LogP contribution < -0.4 is 5.32 Å². The quantitative estimate of drug-likeness (QED) is 0.735. The fraction of sp³-hybridized carbons (Fsp3) is 0.0625. The molecule has 0 saturated heterocycles. The number of fused-ring (bicyclic) bond motifs is 1. The Balaban J connectivity index is 1.77. The molecule has 0 spiro atoms. The Morgan fingerprint density at radius 1 is 1.15 bits per heavy atom. The molecule has 3 rings (SSSR count). The van der Waals surface area contributed by atoms with Crippen molar-refractivity contribution in [3.8, 4) is 6.07 Å². The van der Waals surface area contributed by atoms with Crippen molar-refractivity contribution in [1.82, 2.24) is 0 Å². The van der Waals surface area contributed by atoms with Crippen molar-refractivity contribution >= 4 is 38.7 Å². The fourth-order valence-electron chi connectivity index (χ4n) is 2.03. The number of nitriles is 1. The van der Waals surface area contributed by atoms with Gasteiger partial charge in [-0.15, -0.1) is 11.3 Å². The Labute approximate surface area is 126 Å². The summed E-state index contributed by atoms with van der Waals surface area (Å²) in [7, 11) is 0. The average Bonchev–Trinajstić information content (AvgIpc) is 2.93. The number of halogens is 1. The van der Waals surface area contributed by atoms with Gasteiger partial charge in [0.05, 0.1) is 11.6 Å². The van der Waals surface area contributed by atoms with E-state index < -0.39 is 0 Å². The summed E-state index contributed by atoms with van der Waals surface area (Å²) >= 11 is 7.90. The molecule has 1 aromatic heterocycles. The van der Waals surface area contributed by atoms with Gasteiger partial charge in [-0.25, -0.2) is 0 Å². The first-order chi connectivity index (χ1) is 9.76. The van der Waals surface area contributed by atoms with E-state index in [-0.39, 0.29) is 0 Å². The number of nitrogens with zero attached hydrogens (tertiary/aromatic N) is 1. The summed E-state index contributed by atoms with van der Waals surface area (Å²) in [6.07, 6.45) is 0. The highest BCUT2D eigenvalue weighted by Gasteiger charge is 2.03. The van der Waals surface area contributed by atoms with E-state index in [1.54, 1.807) is 23.5 Å². The van der Waals surface area contributed by atoms with Crippen LogP contribution >= 0.6 is 22.9 Å². The van der Waals surface area contributed by atoms with E-state index in [1.807, 2.05) is 6.07 Å². The predicted molar refractivity (Wildman–Crippen MR) is 85.3 cm³/mol. The molecule has 1 heterocycles. The molecule has 0 radical (unpaired) electrons. The highest BCUT2D eigenvalue weighted by Crippen LogP contribution is 2.25. The van der Waals surface area contributed by atoms with Gasteiger partial charge in [0.1, 0.15) is 0 Å². The van der Waals surface area contributed by atoms with Crippen molar-refractivity contribution in [1.29, 1.82) is 5.26 Å². The standard InChI is InChI=1S/C16H11ClN2S/c17-15-7-11(9-18)1-2-13(15)10-19-14-3-4-16-12(8-14)5-6-20-16/h1-8,19H,10H2. The molecular weight excluding hydrogens is 288 g/mol. The summed E-state index contributed by atoms with van der Waals surface area (Å²) in [5.41, 5.74) is 2.63. The third kappa shape index (κ3) is 2.62. The van der Waals surface area contributed by atoms with Crippen LogP contribution in [-0.2, 0) is 6.54 Å². The highest BCUT2D eigenvalue weighted by atomic mass is 35.5. The van der Waals surface area contributed by atoms with Gasteiger partial charge in [0.15, 0.2) is 0 Å². The summed E-state index contributed by atoms with van der Waals surface area (Å²) in [6.45, 7) is 0.639. The van der Waals surface area contributed by atoms with Gasteiger partial charge in [0.2, 0.25) is 0 Å². The lowest BCUT2D eigenvalue weighted by atomic mass is 10.1. The molecule has 0 aliphatic carbocycles. The topological polar surface area (TPSA) is 35.8 Å². The van der Waals surface area contributed by atoms with E-state index in [2.05, 4.69) is 41.0 Å². The lowest BCUT2D eigenvalue weighted by Gasteiger charge is -2.08. The summed E-state index contributed by atoms with van der Waals surface area (Å²) in [5.74, 6) is 0. The second-order valence-corrected chi connectivity index (χ2v) is 5.80. The van der Waals surface area contributed by atoms with Gasteiger partial charge in [-0.3, -0.25) is 0 Å². The van der Waals surface area contributed by atoms with E-state index in [4.69, 9.17) is 16.9 Å². The number of hydrogen-bond donors (Lipinski definition) is 1. The van der Waals surface area contributed by atoms with E-state index in [9.17, 15) is 0 Å². The summed E-state index contributed by atoms with van der Waals surface area (Å²) in [6, 6.07) is 15.9. The maximum atomic E-state index is 8.82. The Morgan fingerprint density at radius 3 is 2.85 bits per heavy atom. The first-order valence-electron chi connectivity index (χ1n) is 6.16. The lowest BCUT2D eigenvalue weighted by molar-refractivity contribution is 1.15. The van der Waals surface area contributed by atoms with Crippen molar-refractivity contribution < 1.29 is 0 Å². The van der Waals surface area contributed by atoms with Gasteiger partial charge in [0.25, 0.3) is 0 Å². The third-order valence-corrected chi connectivity index (χ3v) is 4.37. The molecule has 0 amide bonds. The van der Waals surface area contributed by atoms with E-state index in [0.717, 1.165) is 11.3 Å². The molecule has 0 aliphatic heterocycles. The lowest BCUT2D eigenvalue weighted by Crippen LogP contribution is -2.00. The first-order valence-corrected chi connectivity index (χ1v) is 7.42. The molecule has 0 atom stereocenters. The minimum absolute atomic E-state index is 0.582. The largest absolute Gasteiger partial charge is 0.381 e. The smallest absolute Gasteiger partial charge is 0.0992 e. The molecule has 3 aromatic rings. The fourth-order valence-corrected chi connectivity index (χ4v) is 3.05. The van der Waals surface area contributed by atoms with Gasteiger partial charge < -0.3 is 5.32 Å². The van der Waals surface area contributed by atoms with Crippen LogP contribution in [0.3, 0.4) is 0 Å². The zero-order chi connectivity index (χ0) is 13.9. The molecule has 98 valence electrons. The van der Waals surface area contributed by atoms with Gasteiger partial charge >= 0.3 is 0 Å². The number of thiophene rings is 1. The minimum atomic E-state index is 0.582. The minimum Gasteiger partial charge on any atom is -0.381 e. The SMILES string of the molecule is N#Cc1ccc(CNc2ccc3sccc3c2)c(Cl)c1. The van der Waals surface area contributed by atoms with Crippen LogP contribution in [0.2, 0.25) is 5.02 Å². The number of hydrogen-bond acceptors (Lipinski definition) is 3. The van der Waals surface area contributed by atoms with Crippen LogP contribution in [0.25, 0.3) is 10.1 Å². The van der Waals surface area contributed by atoms with Crippen LogP contribution in [-0.4, -0.2) is 0 Å². The van der Waals surface area contributed by atoms with Crippen LogP contribution in [0.4, 0.5) is 5.69 Å². The van der Waals surface area contributed by atoms with Crippen LogP contribution in [0.1, 0.15) is 11.1 Å². The van der Waals surface area contributed by atoms with Gasteiger partial charge in [0, 0.05) is 22.0 Å². The molecular formula is C16H11ClN2S. The van der Waals surface area contributed by atoms with Crippen molar-refractivity contribution in [2.75, 3.05) is 5.32 Å². The molecule has 4 heteroatoms. The second-order valence-electron chi connectivity index (χ2n) is 4.44. The Bertz CT molecular complexity index is 802. The molecule has 0 bridgehead atoms. The van der Waals surface area contributed by atoms with Gasteiger partial charge in [-0.1, -0.05) is 17.7 Å².